The van der Waals surface area contributed by atoms with E-state index in [9.17, 15) is 4.79 Å². The fourth-order valence-corrected chi connectivity index (χ4v) is 2.10. The molecule has 4 heteroatoms. The molecule has 108 valence electrons. The van der Waals surface area contributed by atoms with Gasteiger partial charge in [0.1, 0.15) is 0 Å². The van der Waals surface area contributed by atoms with Crippen molar-refractivity contribution in [3.05, 3.63) is 24.3 Å². The number of aliphatic carboxylic acids is 1. The first kappa shape index (κ1) is 15.9. The van der Waals surface area contributed by atoms with Crippen molar-refractivity contribution in [2.75, 3.05) is 36.0 Å². The number of carboxylic acid groups (broad SMARTS) is 1. The summed E-state index contributed by atoms with van der Waals surface area (Å²) in [6.07, 6.45) is 5.43. The van der Waals surface area contributed by atoms with E-state index in [-0.39, 0.29) is 6.42 Å². The van der Waals surface area contributed by atoms with E-state index in [0.29, 0.717) is 13.1 Å². The molecule has 0 saturated heterocycles. The highest BCUT2D eigenvalue weighted by molar-refractivity contribution is 5.68. The largest absolute Gasteiger partial charge is 0.481 e. The number of hydrogen-bond acceptors (Lipinski definition) is 3. The van der Waals surface area contributed by atoms with Crippen molar-refractivity contribution in [3.8, 4) is 12.3 Å². The maximum Gasteiger partial charge on any atom is 0.305 e. The first-order chi connectivity index (χ1) is 9.62. The van der Waals surface area contributed by atoms with Crippen LogP contribution in [-0.2, 0) is 4.79 Å². The summed E-state index contributed by atoms with van der Waals surface area (Å²) < 4.78 is 0. The Labute approximate surface area is 121 Å². The summed E-state index contributed by atoms with van der Waals surface area (Å²) in [4.78, 5) is 14.8. The third-order valence-corrected chi connectivity index (χ3v) is 3.22. The van der Waals surface area contributed by atoms with Crippen molar-refractivity contribution in [1.82, 2.24) is 0 Å². The van der Waals surface area contributed by atoms with E-state index in [1.165, 1.54) is 0 Å². The van der Waals surface area contributed by atoms with Gasteiger partial charge >= 0.3 is 5.97 Å². The maximum atomic E-state index is 10.7. The van der Waals surface area contributed by atoms with Crippen LogP contribution in [0.15, 0.2) is 24.3 Å². The second kappa shape index (κ2) is 8.11. The molecule has 1 aromatic carbocycles. The van der Waals surface area contributed by atoms with E-state index in [1.54, 1.807) is 0 Å². The van der Waals surface area contributed by atoms with Crippen LogP contribution in [0.25, 0.3) is 0 Å². The number of carboxylic acids is 1. The zero-order valence-electron chi connectivity index (χ0n) is 12.2. The van der Waals surface area contributed by atoms with Gasteiger partial charge in [0.2, 0.25) is 0 Å². The fourth-order valence-electron chi connectivity index (χ4n) is 2.10. The molecule has 20 heavy (non-hydrogen) atoms. The molecule has 0 aliphatic heterocycles. The molecule has 1 N–H and O–H groups in total. The number of rotatable bonds is 8. The van der Waals surface area contributed by atoms with Gasteiger partial charge in [-0.15, -0.1) is 6.42 Å². The molecule has 0 saturated carbocycles. The molecule has 0 spiro atoms. The molecular formula is C16H22N2O2. The van der Waals surface area contributed by atoms with E-state index in [1.807, 2.05) is 29.2 Å². The summed E-state index contributed by atoms with van der Waals surface area (Å²) in [6, 6.07) is 8.08. The third-order valence-electron chi connectivity index (χ3n) is 3.22. The smallest absolute Gasteiger partial charge is 0.305 e. The number of hydrogen-bond donors (Lipinski definition) is 1. The molecule has 0 aliphatic carbocycles. The van der Waals surface area contributed by atoms with Gasteiger partial charge in [-0.05, 0) is 38.1 Å². The van der Waals surface area contributed by atoms with Crippen LogP contribution in [0, 0.1) is 12.3 Å². The molecule has 4 nitrogen and oxygen atoms in total. The molecule has 0 heterocycles. The lowest BCUT2D eigenvalue weighted by Crippen LogP contribution is -2.26. The van der Waals surface area contributed by atoms with Crippen LogP contribution in [0.2, 0.25) is 0 Å². The predicted molar refractivity (Wildman–Crippen MR) is 83.3 cm³/mol. The highest BCUT2D eigenvalue weighted by Gasteiger charge is 2.08. The fraction of sp³-hybridized carbons (Fsp3) is 0.438. The Morgan fingerprint density at radius 3 is 2.05 bits per heavy atom. The summed E-state index contributed by atoms with van der Waals surface area (Å²) in [7, 11) is 0. The van der Waals surface area contributed by atoms with Crippen molar-refractivity contribution in [1.29, 1.82) is 0 Å². The number of terminal acetylenes is 1. The molecule has 0 aromatic heterocycles. The van der Waals surface area contributed by atoms with E-state index in [0.717, 1.165) is 24.5 Å². The van der Waals surface area contributed by atoms with Crippen molar-refractivity contribution >= 4 is 17.3 Å². The Bertz CT molecular complexity index is 458. The Morgan fingerprint density at radius 1 is 1.15 bits per heavy atom. The molecule has 0 aliphatic rings. The Balaban J connectivity index is 2.82. The number of nitrogens with zero attached hydrogens (tertiary/aromatic N) is 2. The summed E-state index contributed by atoms with van der Waals surface area (Å²) in [5.74, 6) is 1.76. The van der Waals surface area contributed by atoms with Crippen LogP contribution in [-0.4, -0.2) is 37.3 Å². The SMILES string of the molecule is C#CCN(CCC(=O)O)c1ccc(N(CC)CC)cc1. The van der Waals surface area contributed by atoms with Crippen LogP contribution >= 0.6 is 0 Å². The lowest BCUT2D eigenvalue weighted by Gasteiger charge is -2.24. The number of anilines is 2. The highest BCUT2D eigenvalue weighted by atomic mass is 16.4. The normalized spacial score (nSPS) is 9.85. The summed E-state index contributed by atoms with van der Waals surface area (Å²) in [5, 5.41) is 8.77. The topological polar surface area (TPSA) is 43.8 Å². The highest BCUT2D eigenvalue weighted by Crippen LogP contribution is 2.20. The molecule has 1 aromatic rings. The lowest BCUT2D eigenvalue weighted by atomic mass is 10.2. The quantitative estimate of drug-likeness (QED) is 0.740. The minimum Gasteiger partial charge on any atom is -0.481 e. The van der Waals surface area contributed by atoms with E-state index >= 15 is 0 Å². The van der Waals surface area contributed by atoms with Gasteiger partial charge in [0.15, 0.2) is 0 Å². The zero-order chi connectivity index (χ0) is 15.0. The van der Waals surface area contributed by atoms with E-state index in [2.05, 4.69) is 24.7 Å². The van der Waals surface area contributed by atoms with Gasteiger partial charge in [-0.1, -0.05) is 5.92 Å². The molecule has 0 fully saturated rings. The summed E-state index contributed by atoms with van der Waals surface area (Å²) in [5.41, 5.74) is 2.12. The van der Waals surface area contributed by atoms with Crippen LogP contribution < -0.4 is 9.80 Å². The first-order valence-corrected chi connectivity index (χ1v) is 6.87. The number of benzene rings is 1. The Kier molecular flexibility index (Phi) is 6.45. The van der Waals surface area contributed by atoms with Gasteiger partial charge in [-0.25, -0.2) is 0 Å². The van der Waals surface area contributed by atoms with Crippen LogP contribution in [0.5, 0.6) is 0 Å². The second-order valence-corrected chi connectivity index (χ2v) is 4.46. The summed E-state index contributed by atoms with van der Waals surface area (Å²) in [6.45, 7) is 7.00. The Morgan fingerprint density at radius 2 is 1.65 bits per heavy atom. The van der Waals surface area contributed by atoms with Gasteiger partial charge in [-0.2, -0.15) is 0 Å². The first-order valence-electron chi connectivity index (χ1n) is 6.87. The van der Waals surface area contributed by atoms with E-state index < -0.39 is 5.97 Å². The van der Waals surface area contributed by atoms with Crippen molar-refractivity contribution in [3.63, 3.8) is 0 Å². The van der Waals surface area contributed by atoms with Crippen LogP contribution in [0.4, 0.5) is 11.4 Å². The Hall–Kier alpha value is -2.15. The molecule has 1 rings (SSSR count). The molecule has 0 amide bonds. The minimum absolute atomic E-state index is 0.0828. The average Bonchev–Trinajstić information content (AvgIpc) is 2.45. The zero-order valence-corrected chi connectivity index (χ0v) is 12.2. The standard InChI is InChI=1S/C16H22N2O2/c1-4-12-18(13-11-16(19)20)15-9-7-14(8-10-15)17(5-2)6-3/h1,7-10H,5-6,11-13H2,2-3H3,(H,19,20). The van der Waals surface area contributed by atoms with Gasteiger partial charge in [0.05, 0.1) is 13.0 Å². The maximum absolute atomic E-state index is 10.7. The lowest BCUT2D eigenvalue weighted by molar-refractivity contribution is -0.136. The molecular weight excluding hydrogens is 252 g/mol. The molecule has 0 unspecified atom stereocenters. The molecule has 0 bridgehead atoms. The average molecular weight is 274 g/mol. The second-order valence-electron chi connectivity index (χ2n) is 4.46. The summed E-state index contributed by atoms with van der Waals surface area (Å²) >= 11 is 0. The van der Waals surface area contributed by atoms with Crippen LogP contribution in [0.1, 0.15) is 20.3 Å². The molecule has 0 atom stereocenters. The van der Waals surface area contributed by atoms with Crippen LogP contribution in [0.3, 0.4) is 0 Å². The predicted octanol–water partition coefficient (Wildman–Crippen LogP) is 2.45. The minimum atomic E-state index is -0.813. The third kappa shape index (κ3) is 4.51. The van der Waals surface area contributed by atoms with Crippen molar-refractivity contribution in [2.24, 2.45) is 0 Å². The van der Waals surface area contributed by atoms with Crippen molar-refractivity contribution in [2.45, 2.75) is 20.3 Å². The van der Waals surface area contributed by atoms with Crippen molar-refractivity contribution < 1.29 is 9.90 Å². The van der Waals surface area contributed by atoms with Gasteiger partial charge in [0, 0.05) is 31.0 Å². The van der Waals surface area contributed by atoms with Gasteiger partial charge in [0.25, 0.3) is 0 Å². The monoisotopic (exact) mass is 274 g/mol. The number of carbonyl (C=O) groups is 1. The molecule has 0 radical (unpaired) electrons. The van der Waals surface area contributed by atoms with Gasteiger partial charge < -0.3 is 14.9 Å². The van der Waals surface area contributed by atoms with Gasteiger partial charge in [-0.3, -0.25) is 4.79 Å². The van der Waals surface area contributed by atoms with E-state index in [4.69, 9.17) is 11.5 Å².